The van der Waals surface area contributed by atoms with E-state index in [2.05, 4.69) is 5.32 Å². The normalized spacial score (nSPS) is 16.1. The van der Waals surface area contributed by atoms with Crippen LogP contribution in [0, 0.1) is 5.92 Å². The van der Waals surface area contributed by atoms with Crippen molar-refractivity contribution in [3.05, 3.63) is 24.3 Å². The van der Waals surface area contributed by atoms with Gasteiger partial charge in [-0.3, -0.25) is 9.59 Å². The van der Waals surface area contributed by atoms with Crippen LogP contribution in [-0.4, -0.2) is 62.2 Å². The molecular weight excluding hydrogens is 387 g/mol. The van der Waals surface area contributed by atoms with E-state index in [9.17, 15) is 22.8 Å². The molecule has 2 rings (SSSR count). The van der Waals surface area contributed by atoms with Gasteiger partial charge in [0.25, 0.3) is 11.8 Å². The molecule has 0 saturated heterocycles. The average molecular weight is 416 g/mol. The van der Waals surface area contributed by atoms with E-state index < -0.39 is 24.7 Å². The molecule has 1 aliphatic carbocycles. The Labute approximate surface area is 169 Å². The zero-order valence-corrected chi connectivity index (χ0v) is 17.0. The van der Waals surface area contributed by atoms with Crippen molar-refractivity contribution >= 4 is 17.5 Å². The molecule has 2 atom stereocenters. The Kier molecular flexibility index (Phi) is 7.89. The van der Waals surface area contributed by atoms with Crippen LogP contribution in [0.25, 0.3) is 0 Å². The highest BCUT2D eigenvalue weighted by Crippen LogP contribution is 2.36. The number of likely N-dealkylation sites (N-methyl/N-ethyl adjacent to an activating group) is 1. The number of quaternary nitrogens is 1. The standard InChI is InChI=1S/C20H28F3N3O3/c1-4-25(11-18(27)24-16-7-9-17(29-3)10-8-16)12-19(28)26(13-20(21,22)23)14(2)15-5-6-15/h7-10,14-15H,4-6,11-13H2,1-3H3,(H,24,27)/p+1/t14-/m0/s1. The lowest BCUT2D eigenvalue weighted by Crippen LogP contribution is -3.14. The number of hydrogen-bond donors (Lipinski definition) is 2. The van der Waals surface area contributed by atoms with E-state index in [1.807, 2.05) is 0 Å². The van der Waals surface area contributed by atoms with Crippen LogP contribution < -0.4 is 15.0 Å². The molecule has 0 bridgehead atoms. The van der Waals surface area contributed by atoms with Gasteiger partial charge in [0.1, 0.15) is 12.3 Å². The molecule has 0 aromatic heterocycles. The van der Waals surface area contributed by atoms with Gasteiger partial charge in [-0.25, -0.2) is 0 Å². The summed E-state index contributed by atoms with van der Waals surface area (Å²) in [4.78, 5) is 26.5. The Hall–Kier alpha value is -2.29. The Balaban J connectivity index is 1.94. The number of amides is 2. The Morgan fingerprint density at radius 1 is 1.24 bits per heavy atom. The largest absolute Gasteiger partial charge is 0.497 e. The maximum absolute atomic E-state index is 13.0. The van der Waals surface area contributed by atoms with Gasteiger partial charge in [0.2, 0.25) is 0 Å². The van der Waals surface area contributed by atoms with Crippen molar-refractivity contribution < 1.29 is 32.4 Å². The summed E-state index contributed by atoms with van der Waals surface area (Å²) >= 11 is 0. The first-order chi connectivity index (χ1) is 13.6. The number of benzene rings is 1. The van der Waals surface area contributed by atoms with Gasteiger partial charge in [0.05, 0.1) is 13.7 Å². The summed E-state index contributed by atoms with van der Waals surface area (Å²) in [6.45, 7) is 2.49. The van der Waals surface area contributed by atoms with Gasteiger partial charge < -0.3 is 19.9 Å². The van der Waals surface area contributed by atoms with Crippen LogP contribution >= 0.6 is 0 Å². The van der Waals surface area contributed by atoms with Gasteiger partial charge in [0.15, 0.2) is 13.1 Å². The van der Waals surface area contributed by atoms with Crippen LogP contribution in [0.5, 0.6) is 5.75 Å². The van der Waals surface area contributed by atoms with Crippen LogP contribution in [0.3, 0.4) is 0 Å². The highest BCUT2D eigenvalue weighted by molar-refractivity contribution is 5.91. The van der Waals surface area contributed by atoms with Crippen LogP contribution in [0.4, 0.5) is 18.9 Å². The minimum atomic E-state index is -4.45. The number of ether oxygens (including phenoxy) is 1. The minimum Gasteiger partial charge on any atom is -0.497 e. The topological polar surface area (TPSA) is 63.1 Å². The van der Waals surface area contributed by atoms with Crippen LogP contribution in [0.15, 0.2) is 24.3 Å². The fourth-order valence-electron chi connectivity index (χ4n) is 3.22. The van der Waals surface area contributed by atoms with Crippen molar-refractivity contribution in [2.24, 2.45) is 5.92 Å². The number of methoxy groups -OCH3 is 1. The van der Waals surface area contributed by atoms with E-state index in [1.165, 1.54) is 0 Å². The van der Waals surface area contributed by atoms with E-state index >= 15 is 0 Å². The first-order valence-corrected chi connectivity index (χ1v) is 9.76. The number of nitrogens with zero attached hydrogens (tertiary/aromatic N) is 1. The summed E-state index contributed by atoms with van der Waals surface area (Å²) in [6, 6.07) is 6.34. The third-order valence-electron chi connectivity index (χ3n) is 5.15. The zero-order chi connectivity index (χ0) is 21.6. The van der Waals surface area contributed by atoms with Crippen molar-refractivity contribution in [1.82, 2.24) is 4.90 Å². The molecule has 9 heteroatoms. The van der Waals surface area contributed by atoms with E-state index in [4.69, 9.17) is 4.74 Å². The van der Waals surface area contributed by atoms with E-state index in [1.54, 1.807) is 45.2 Å². The van der Waals surface area contributed by atoms with Gasteiger partial charge in [-0.2, -0.15) is 13.2 Å². The molecule has 1 unspecified atom stereocenters. The lowest BCUT2D eigenvalue weighted by molar-refractivity contribution is -0.882. The fraction of sp³-hybridized carbons (Fsp3) is 0.600. The molecule has 29 heavy (non-hydrogen) atoms. The number of halogens is 3. The van der Waals surface area contributed by atoms with Gasteiger partial charge in [-0.1, -0.05) is 0 Å². The zero-order valence-electron chi connectivity index (χ0n) is 17.0. The van der Waals surface area contributed by atoms with Crippen molar-refractivity contribution in [2.45, 2.75) is 38.9 Å². The summed E-state index contributed by atoms with van der Waals surface area (Å²) in [5.74, 6) is -0.0954. The van der Waals surface area contributed by atoms with Crippen LogP contribution in [0.2, 0.25) is 0 Å². The van der Waals surface area contributed by atoms with Crippen LogP contribution in [0.1, 0.15) is 26.7 Å². The Bertz CT molecular complexity index is 690. The molecule has 0 spiro atoms. The Morgan fingerprint density at radius 2 is 1.86 bits per heavy atom. The summed E-state index contributed by atoms with van der Waals surface area (Å²) in [7, 11) is 1.54. The fourth-order valence-corrected chi connectivity index (χ4v) is 3.22. The monoisotopic (exact) mass is 416 g/mol. The molecule has 0 radical (unpaired) electrons. The smallest absolute Gasteiger partial charge is 0.406 e. The third-order valence-corrected chi connectivity index (χ3v) is 5.15. The van der Waals surface area contributed by atoms with E-state index in [0.29, 0.717) is 22.9 Å². The summed E-state index contributed by atoms with van der Waals surface area (Å²) in [5.41, 5.74) is 0.582. The van der Waals surface area contributed by atoms with Crippen molar-refractivity contribution in [2.75, 3.05) is 38.6 Å². The third kappa shape index (κ3) is 7.56. The number of alkyl halides is 3. The molecule has 162 valence electrons. The summed E-state index contributed by atoms with van der Waals surface area (Å²) in [5, 5.41) is 2.73. The lowest BCUT2D eigenvalue weighted by atomic mass is 10.1. The van der Waals surface area contributed by atoms with Gasteiger partial charge >= 0.3 is 6.18 Å². The number of nitrogens with one attached hydrogen (secondary N) is 2. The summed E-state index contributed by atoms with van der Waals surface area (Å²) in [6.07, 6.45) is -2.76. The molecule has 2 amide bonds. The molecule has 1 aliphatic rings. The van der Waals surface area contributed by atoms with E-state index in [-0.39, 0.29) is 24.9 Å². The molecule has 1 fully saturated rings. The van der Waals surface area contributed by atoms with Crippen LogP contribution in [-0.2, 0) is 9.59 Å². The number of anilines is 1. The average Bonchev–Trinajstić information content (AvgIpc) is 3.50. The number of rotatable bonds is 10. The molecular formula is C20H29F3N3O3+. The molecule has 0 heterocycles. The van der Waals surface area contributed by atoms with Crippen molar-refractivity contribution in [3.8, 4) is 5.75 Å². The highest BCUT2D eigenvalue weighted by Gasteiger charge is 2.41. The van der Waals surface area contributed by atoms with Crippen molar-refractivity contribution in [1.29, 1.82) is 0 Å². The maximum Gasteiger partial charge on any atom is 0.406 e. The highest BCUT2D eigenvalue weighted by atomic mass is 19.4. The van der Waals surface area contributed by atoms with E-state index in [0.717, 1.165) is 17.7 Å². The van der Waals surface area contributed by atoms with Crippen molar-refractivity contribution in [3.63, 3.8) is 0 Å². The molecule has 1 saturated carbocycles. The summed E-state index contributed by atoms with van der Waals surface area (Å²) < 4.78 is 43.9. The number of carbonyl (C=O) groups is 2. The first kappa shape index (κ1) is 23.0. The second kappa shape index (κ2) is 9.96. The predicted octanol–water partition coefficient (Wildman–Crippen LogP) is 1.73. The SMILES string of the molecule is CC[NH+](CC(=O)Nc1ccc(OC)cc1)CC(=O)N(CC(F)(F)F)[C@@H](C)C1CC1. The van der Waals surface area contributed by atoms with Gasteiger partial charge in [-0.05, 0) is 56.9 Å². The van der Waals surface area contributed by atoms with Gasteiger partial charge in [0, 0.05) is 11.7 Å². The predicted molar refractivity (Wildman–Crippen MR) is 103 cm³/mol. The number of hydrogen-bond acceptors (Lipinski definition) is 3. The minimum absolute atomic E-state index is 0.00800. The maximum atomic E-state index is 13.0. The molecule has 1 aromatic rings. The molecule has 1 aromatic carbocycles. The second-order valence-corrected chi connectivity index (χ2v) is 7.45. The molecule has 0 aliphatic heterocycles. The molecule has 6 nitrogen and oxygen atoms in total. The first-order valence-electron chi connectivity index (χ1n) is 9.76. The number of carbonyl (C=O) groups excluding carboxylic acids is 2. The lowest BCUT2D eigenvalue weighted by Gasteiger charge is -2.31. The van der Waals surface area contributed by atoms with Gasteiger partial charge in [-0.15, -0.1) is 0 Å². The quantitative estimate of drug-likeness (QED) is 0.611. The molecule has 2 N–H and O–H groups in total. The second-order valence-electron chi connectivity index (χ2n) is 7.45. The Morgan fingerprint density at radius 3 is 2.34 bits per heavy atom.